The molecule has 1 N–H and O–H groups in total. The van der Waals surface area contributed by atoms with Crippen molar-refractivity contribution in [2.45, 2.75) is 65.5 Å². The Morgan fingerprint density at radius 1 is 1.06 bits per heavy atom. The first kappa shape index (κ1) is 25.7. The van der Waals surface area contributed by atoms with Gasteiger partial charge in [-0.1, -0.05) is 56.1 Å². The summed E-state index contributed by atoms with van der Waals surface area (Å²) in [6.07, 6.45) is 3.39. The van der Waals surface area contributed by atoms with Gasteiger partial charge in [-0.2, -0.15) is 0 Å². The van der Waals surface area contributed by atoms with Crippen molar-refractivity contribution in [1.29, 1.82) is 0 Å². The lowest BCUT2D eigenvalue weighted by Gasteiger charge is -2.31. The molecule has 0 fully saturated rings. The molecule has 2 rings (SSSR count). The molecule has 0 saturated carbocycles. The quantitative estimate of drug-likeness (QED) is 0.401. The van der Waals surface area contributed by atoms with Gasteiger partial charge in [0, 0.05) is 24.5 Å². The Bertz CT molecular complexity index is 854. The van der Waals surface area contributed by atoms with Crippen LogP contribution in [0, 0.1) is 6.92 Å². The summed E-state index contributed by atoms with van der Waals surface area (Å²) in [6.45, 7) is 7.54. The minimum absolute atomic E-state index is 0.0366. The summed E-state index contributed by atoms with van der Waals surface area (Å²) in [5, 5.41) is 3.65. The van der Waals surface area contributed by atoms with Gasteiger partial charge in [-0.15, -0.1) is 0 Å². The van der Waals surface area contributed by atoms with Crippen molar-refractivity contribution in [1.82, 2.24) is 10.2 Å². The van der Waals surface area contributed by atoms with Crippen molar-refractivity contribution in [3.05, 3.63) is 64.7 Å². The highest BCUT2D eigenvalue weighted by Crippen LogP contribution is 2.18. The molecule has 2 amide bonds. The molecule has 2 aromatic rings. The van der Waals surface area contributed by atoms with Crippen LogP contribution in [0.3, 0.4) is 0 Å². The Hall–Kier alpha value is -2.53. The number of rotatable bonds is 13. The first-order chi connectivity index (χ1) is 15.5. The second-order valence-electron chi connectivity index (χ2n) is 7.92. The summed E-state index contributed by atoms with van der Waals surface area (Å²) in [5.74, 6) is 0.603. The van der Waals surface area contributed by atoms with Crippen LogP contribution in [0.1, 0.15) is 57.1 Å². The van der Waals surface area contributed by atoms with Crippen LogP contribution in [0.15, 0.2) is 48.5 Å². The lowest BCUT2D eigenvalue weighted by Crippen LogP contribution is -2.49. The lowest BCUT2D eigenvalue weighted by molar-refractivity contribution is -0.141. The molecule has 0 aliphatic carbocycles. The van der Waals surface area contributed by atoms with E-state index < -0.39 is 6.04 Å². The minimum Gasteiger partial charge on any atom is -0.494 e. The van der Waals surface area contributed by atoms with E-state index in [9.17, 15) is 9.59 Å². The molecule has 1 atom stereocenters. The zero-order valence-corrected chi connectivity index (χ0v) is 20.2. The molecular weight excluding hydrogens is 424 g/mol. The molecule has 32 heavy (non-hydrogen) atoms. The van der Waals surface area contributed by atoms with E-state index in [1.165, 1.54) is 0 Å². The highest BCUT2D eigenvalue weighted by molar-refractivity contribution is 6.30. The normalized spacial score (nSPS) is 11.6. The third kappa shape index (κ3) is 8.19. The van der Waals surface area contributed by atoms with Gasteiger partial charge in [-0.25, -0.2) is 0 Å². The molecule has 1 unspecified atom stereocenters. The summed E-state index contributed by atoms with van der Waals surface area (Å²) in [7, 11) is 0. The van der Waals surface area contributed by atoms with Crippen molar-refractivity contribution in [2.75, 3.05) is 13.2 Å². The molecule has 0 saturated heterocycles. The summed E-state index contributed by atoms with van der Waals surface area (Å²) >= 11 is 5.90. The van der Waals surface area contributed by atoms with Gasteiger partial charge in [0.2, 0.25) is 11.8 Å². The van der Waals surface area contributed by atoms with Gasteiger partial charge < -0.3 is 15.0 Å². The maximum Gasteiger partial charge on any atom is 0.242 e. The van der Waals surface area contributed by atoms with Gasteiger partial charge in [0.25, 0.3) is 0 Å². The van der Waals surface area contributed by atoms with Crippen LogP contribution in [-0.4, -0.2) is 35.9 Å². The molecular formula is C26H35ClN2O3. The van der Waals surface area contributed by atoms with Crippen LogP contribution >= 0.6 is 11.6 Å². The maximum absolute atomic E-state index is 13.2. The van der Waals surface area contributed by atoms with Crippen molar-refractivity contribution >= 4 is 23.4 Å². The SMILES string of the molecule is CCCCNC(=O)C(CC)N(Cc1ccccc1C)C(=O)CCCOc1ccc(Cl)cc1. The number of aryl methyl sites for hydroxylation is 1. The van der Waals surface area contributed by atoms with E-state index in [0.29, 0.717) is 44.0 Å². The van der Waals surface area contributed by atoms with Gasteiger partial charge in [-0.05, 0) is 61.6 Å². The number of hydrogen-bond acceptors (Lipinski definition) is 3. The first-order valence-electron chi connectivity index (χ1n) is 11.5. The van der Waals surface area contributed by atoms with Crippen molar-refractivity contribution in [2.24, 2.45) is 0 Å². The summed E-state index contributed by atoms with van der Waals surface area (Å²) < 4.78 is 5.72. The molecule has 6 heteroatoms. The Kier molecular flexibility index (Phi) is 11.1. The summed E-state index contributed by atoms with van der Waals surface area (Å²) in [5.41, 5.74) is 2.16. The van der Waals surface area contributed by atoms with Crippen LogP contribution in [-0.2, 0) is 16.1 Å². The number of benzene rings is 2. The van der Waals surface area contributed by atoms with E-state index in [4.69, 9.17) is 16.3 Å². The molecule has 0 heterocycles. The van der Waals surface area contributed by atoms with Gasteiger partial charge in [0.05, 0.1) is 6.61 Å². The second kappa shape index (κ2) is 13.8. The highest BCUT2D eigenvalue weighted by atomic mass is 35.5. The lowest BCUT2D eigenvalue weighted by atomic mass is 10.1. The zero-order chi connectivity index (χ0) is 23.3. The number of amides is 2. The van der Waals surface area contributed by atoms with Crippen LogP contribution in [0.25, 0.3) is 0 Å². The highest BCUT2D eigenvalue weighted by Gasteiger charge is 2.28. The molecule has 174 valence electrons. The number of carbonyl (C=O) groups excluding carboxylic acids is 2. The average molecular weight is 459 g/mol. The van der Waals surface area contributed by atoms with Crippen LogP contribution in [0.5, 0.6) is 5.75 Å². The van der Waals surface area contributed by atoms with Gasteiger partial charge >= 0.3 is 0 Å². The number of hydrogen-bond donors (Lipinski definition) is 1. The monoisotopic (exact) mass is 458 g/mol. The second-order valence-corrected chi connectivity index (χ2v) is 8.36. The standard InChI is InChI=1S/C26H35ClN2O3/c1-4-6-17-28-26(31)24(5-2)29(19-21-11-8-7-10-20(21)3)25(30)12-9-18-32-23-15-13-22(27)14-16-23/h7-8,10-11,13-16,24H,4-6,9,12,17-19H2,1-3H3,(H,28,31). The molecule has 0 aromatic heterocycles. The molecule has 0 spiro atoms. The topological polar surface area (TPSA) is 58.6 Å². The van der Waals surface area contributed by atoms with Gasteiger partial charge in [-0.3, -0.25) is 9.59 Å². The first-order valence-corrected chi connectivity index (χ1v) is 11.8. The summed E-state index contributed by atoms with van der Waals surface area (Å²) in [6, 6.07) is 14.7. The van der Waals surface area contributed by atoms with Crippen LogP contribution in [0.2, 0.25) is 5.02 Å². The predicted molar refractivity (Wildman–Crippen MR) is 130 cm³/mol. The Morgan fingerprint density at radius 3 is 2.44 bits per heavy atom. The smallest absolute Gasteiger partial charge is 0.242 e. The number of nitrogens with zero attached hydrogens (tertiary/aromatic N) is 1. The number of carbonyl (C=O) groups is 2. The van der Waals surface area contributed by atoms with Gasteiger partial charge in [0.1, 0.15) is 11.8 Å². The fourth-order valence-corrected chi connectivity index (χ4v) is 3.61. The number of halogens is 1. The predicted octanol–water partition coefficient (Wildman–Crippen LogP) is 5.53. The number of nitrogens with one attached hydrogen (secondary N) is 1. The molecule has 5 nitrogen and oxygen atoms in total. The van der Waals surface area contributed by atoms with Crippen LogP contribution in [0.4, 0.5) is 0 Å². The Labute approximate surface area is 197 Å². The maximum atomic E-state index is 13.2. The van der Waals surface area contributed by atoms with E-state index in [2.05, 4.69) is 12.2 Å². The molecule has 0 aliphatic heterocycles. The third-order valence-corrected chi connectivity index (χ3v) is 5.69. The molecule has 0 radical (unpaired) electrons. The van der Waals surface area contributed by atoms with E-state index in [1.807, 2.05) is 50.2 Å². The van der Waals surface area contributed by atoms with Crippen molar-refractivity contribution in [3.63, 3.8) is 0 Å². The van der Waals surface area contributed by atoms with Crippen molar-refractivity contribution in [3.8, 4) is 5.75 Å². The van der Waals surface area contributed by atoms with E-state index in [1.54, 1.807) is 17.0 Å². The van der Waals surface area contributed by atoms with E-state index in [0.717, 1.165) is 29.7 Å². The largest absolute Gasteiger partial charge is 0.494 e. The van der Waals surface area contributed by atoms with Crippen LogP contribution < -0.4 is 10.1 Å². The van der Waals surface area contributed by atoms with E-state index >= 15 is 0 Å². The Balaban J connectivity index is 2.04. The fourth-order valence-electron chi connectivity index (χ4n) is 3.48. The zero-order valence-electron chi connectivity index (χ0n) is 19.4. The summed E-state index contributed by atoms with van der Waals surface area (Å²) in [4.78, 5) is 27.8. The average Bonchev–Trinajstić information content (AvgIpc) is 2.79. The molecule has 0 bridgehead atoms. The fraction of sp³-hybridized carbons (Fsp3) is 0.462. The molecule has 2 aromatic carbocycles. The number of unbranched alkanes of at least 4 members (excludes halogenated alkanes) is 1. The van der Waals surface area contributed by atoms with E-state index in [-0.39, 0.29) is 11.8 Å². The number of ether oxygens (including phenoxy) is 1. The minimum atomic E-state index is -0.490. The van der Waals surface area contributed by atoms with Gasteiger partial charge in [0.15, 0.2) is 0 Å². The molecule has 0 aliphatic rings. The third-order valence-electron chi connectivity index (χ3n) is 5.43. The Morgan fingerprint density at radius 2 is 1.78 bits per heavy atom. The van der Waals surface area contributed by atoms with Crippen molar-refractivity contribution < 1.29 is 14.3 Å².